The average molecular weight is 243 g/mol. The van der Waals surface area contributed by atoms with Crippen LogP contribution < -0.4 is 5.32 Å². The molecular formula is C12H21NO4. The van der Waals surface area contributed by atoms with E-state index in [1.54, 1.807) is 0 Å². The van der Waals surface area contributed by atoms with Gasteiger partial charge in [-0.1, -0.05) is 20.3 Å². The highest BCUT2D eigenvalue weighted by Gasteiger charge is 2.31. The van der Waals surface area contributed by atoms with E-state index in [1.165, 1.54) is 7.11 Å². The Labute approximate surface area is 102 Å². The minimum Gasteiger partial charge on any atom is -0.467 e. The minimum absolute atomic E-state index is 0.0489. The van der Waals surface area contributed by atoms with Gasteiger partial charge in [0.15, 0.2) is 0 Å². The molecule has 0 aromatic heterocycles. The van der Waals surface area contributed by atoms with Crippen molar-refractivity contribution < 1.29 is 19.1 Å². The highest BCUT2D eigenvalue weighted by atomic mass is 16.5. The van der Waals surface area contributed by atoms with E-state index in [0.717, 1.165) is 19.3 Å². The van der Waals surface area contributed by atoms with Crippen LogP contribution in [0.25, 0.3) is 0 Å². The van der Waals surface area contributed by atoms with Crippen LogP contribution in [-0.4, -0.2) is 37.7 Å². The number of methoxy groups -OCH3 is 1. The normalized spacial score (nSPS) is 22.9. The van der Waals surface area contributed by atoms with Gasteiger partial charge in [0.2, 0.25) is 5.91 Å². The second kappa shape index (κ2) is 6.59. The van der Waals surface area contributed by atoms with Crippen molar-refractivity contribution in [3.05, 3.63) is 0 Å². The Hall–Kier alpha value is -1.10. The molecule has 1 fully saturated rings. The van der Waals surface area contributed by atoms with Gasteiger partial charge in [-0.05, 0) is 18.8 Å². The van der Waals surface area contributed by atoms with Gasteiger partial charge in [0.1, 0.15) is 12.1 Å². The number of carbonyl (C=O) groups is 2. The van der Waals surface area contributed by atoms with Crippen molar-refractivity contribution in [3.8, 4) is 0 Å². The van der Waals surface area contributed by atoms with Crippen molar-refractivity contribution in [1.29, 1.82) is 0 Å². The van der Waals surface area contributed by atoms with E-state index in [-0.39, 0.29) is 11.8 Å². The molecule has 98 valence electrons. The molecule has 1 aliphatic heterocycles. The van der Waals surface area contributed by atoms with Gasteiger partial charge in [0.25, 0.3) is 0 Å². The maximum absolute atomic E-state index is 11.9. The first-order chi connectivity index (χ1) is 8.10. The lowest BCUT2D eigenvalue weighted by Crippen LogP contribution is -2.49. The molecule has 0 aromatic rings. The van der Waals surface area contributed by atoms with Gasteiger partial charge in [-0.25, -0.2) is 4.79 Å². The second-order valence-corrected chi connectivity index (χ2v) is 4.40. The summed E-state index contributed by atoms with van der Waals surface area (Å²) in [6.45, 7) is 4.50. The van der Waals surface area contributed by atoms with E-state index < -0.39 is 18.1 Å². The van der Waals surface area contributed by atoms with Crippen LogP contribution in [0.2, 0.25) is 0 Å². The summed E-state index contributed by atoms with van der Waals surface area (Å²) in [5.74, 6) is -0.559. The standard InChI is InChI=1S/C12H21NO4/c1-4-8(2)10(12(15)16-3)13-11(14)9-6-5-7-17-9/h8-10H,4-7H2,1-3H3,(H,13,14)/t8-,9-,10-/m1/s1. The summed E-state index contributed by atoms with van der Waals surface area (Å²) in [7, 11) is 1.33. The summed E-state index contributed by atoms with van der Waals surface area (Å²) in [6, 6.07) is -0.582. The Morgan fingerprint density at radius 1 is 1.53 bits per heavy atom. The third-order valence-corrected chi connectivity index (χ3v) is 3.19. The molecule has 0 unspecified atom stereocenters. The Morgan fingerprint density at radius 3 is 2.71 bits per heavy atom. The smallest absolute Gasteiger partial charge is 0.328 e. The summed E-state index contributed by atoms with van der Waals surface area (Å²) < 4.78 is 9.98. The van der Waals surface area contributed by atoms with Crippen LogP contribution >= 0.6 is 0 Å². The van der Waals surface area contributed by atoms with E-state index in [2.05, 4.69) is 5.32 Å². The predicted octanol–water partition coefficient (Wildman–Crippen LogP) is 0.869. The van der Waals surface area contributed by atoms with Crippen LogP contribution in [0.5, 0.6) is 0 Å². The minimum atomic E-state index is -0.582. The van der Waals surface area contributed by atoms with E-state index >= 15 is 0 Å². The molecular weight excluding hydrogens is 222 g/mol. The first-order valence-corrected chi connectivity index (χ1v) is 6.10. The molecule has 5 heteroatoms. The predicted molar refractivity (Wildman–Crippen MR) is 62.4 cm³/mol. The lowest BCUT2D eigenvalue weighted by Gasteiger charge is -2.23. The zero-order valence-corrected chi connectivity index (χ0v) is 10.7. The second-order valence-electron chi connectivity index (χ2n) is 4.40. The average Bonchev–Trinajstić information content (AvgIpc) is 2.87. The highest BCUT2D eigenvalue weighted by Crippen LogP contribution is 2.14. The molecule has 0 bridgehead atoms. The Balaban J connectivity index is 2.58. The van der Waals surface area contributed by atoms with E-state index in [0.29, 0.717) is 6.61 Å². The number of nitrogens with one attached hydrogen (secondary N) is 1. The van der Waals surface area contributed by atoms with Crippen molar-refractivity contribution in [3.63, 3.8) is 0 Å². The molecule has 1 heterocycles. The van der Waals surface area contributed by atoms with Gasteiger partial charge in [-0.2, -0.15) is 0 Å². The van der Waals surface area contributed by atoms with Gasteiger partial charge < -0.3 is 14.8 Å². The van der Waals surface area contributed by atoms with Gasteiger partial charge in [-0.15, -0.1) is 0 Å². The summed E-state index contributed by atoms with van der Waals surface area (Å²) in [5.41, 5.74) is 0. The SMILES string of the molecule is CC[C@@H](C)[C@@H](NC(=O)[C@H]1CCCO1)C(=O)OC. The van der Waals surface area contributed by atoms with Gasteiger partial charge >= 0.3 is 5.97 Å². The quantitative estimate of drug-likeness (QED) is 0.728. The maximum atomic E-state index is 11.9. The number of hydrogen-bond donors (Lipinski definition) is 1. The lowest BCUT2D eigenvalue weighted by molar-refractivity contribution is -0.148. The molecule has 5 nitrogen and oxygen atoms in total. The van der Waals surface area contributed by atoms with Crippen LogP contribution in [0.1, 0.15) is 33.1 Å². The fourth-order valence-corrected chi connectivity index (χ4v) is 1.83. The van der Waals surface area contributed by atoms with E-state index in [1.807, 2.05) is 13.8 Å². The van der Waals surface area contributed by atoms with Crippen LogP contribution in [0.3, 0.4) is 0 Å². The fourth-order valence-electron chi connectivity index (χ4n) is 1.83. The van der Waals surface area contributed by atoms with Crippen molar-refractivity contribution in [1.82, 2.24) is 5.32 Å². The van der Waals surface area contributed by atoms with E-state index in [4.69, 9.17) is 9.47 Å². The molecule has 1 saturated heterocycles. The molecule has 1 amide bonds. The molecule has 0 saturated carbocycles. The first-order valence-electron chi connectivity index (χ1n) is 6.10. The van der Waals surface area contributed by atoms with Crippen molar-refractivity contribution in [2.24, 2.45) is 5.92 Å². The number of rotatable bonds is 5. The van der Waals surface area contributed by atoms with Crippen molar-refractivity contribution >= 4 is 11.9 Å². The van der Waals surface area contributed by atoms with Gasteiger partial charge in [0.05, 0.1) is 7.11 Å². The monoisotopic (exact) mass is 243 g/mol. The van der Waals surface area contributed by atoms with E-state index in [9.17, 15) is 9.59 Å². The van der Waals surface area contributed by atoms with Crippen LogP contribution in [0.15, 0.2) is 0 Å². The molecule has 1 rings (SSSR count). The Morgan fingerprint density at radius 2 is 2.24 bits per heavy atom. The number of ether oxygens (including phenoxy) is 2. The zero-order chi connectivity index (χ0) is 12.8. The summed E-state index contributed by atoms with van der Waals surface area (Å²) in [6.07, 6.45) is 2.00. The molecule has 3 atom stereocenters. The molecule has 0 aliphatic carbocycles. The summed E-state index contributed by atoms with van der Waals surface area (Å²) in [5, 5.41) is 2.72. The third kappa shape index (κ3) is 3.70. The summed E-state index contributed by atoms with van der Waals surface area (Å²) >= 11 is 0. The van der Waals surface area contributed by atoms with Crippen molar-refractivity contribution in [2.45, 2.75) is 45.3 Å². The number of hydrogen-bond acceptors (Lipinski definition) is 4. The molecule has 1 aliphatic rings. The number of amides is 1. The highest BCUT2D eigenvalue weighted by molar-refractivity contribution is 5.87. The molecule has 0 spiro atoms. The van der Waals surface area contributed by atoms with Gasteiger partial charge in [0, 0.05) is 6.61 Å². The zero-order valence-electron chi connectivity index (χ0n) is 10.7. The molecule has 17 heavy (non-hydrogen) atoms. The Kier molecular flexibility index (Phi) is 5.41. The molecule has 1 N–H and O–H groups in total. The topological polar surface area (TPSA) is 64.6 Å². The Bertz CT molecular complexity index is 274. The van der Waals surface area contributed by atoms with Gasteiger partial charge in [-0.3, -0.25) is 4.79 Å². The van der Waals surface area contributed by atoms with Crippen molar-refractivity contribution in [2.75, 3.05) is 13.7 Å². The number of esters is 1. The first kappa shape index (κ1) is 14.0. The maximum Gasteiger partial charge on any atom is 0.328 e. The fraction of sp³-hybridized carbons (Fsp3) is 0.833. The molecule has 0 aromatic carbocycles. The number of carbonyl (C=O) groups excluding carboxylic acids is 2. The molecule has 0 radical (unpaired) electrons. The van der Waals surface area contributed by atoms with Crippen LogP contribution in [0, 0.1) is 5.92 Å². The largest absolute Gasteiger partial charge is 0.467 e. The van der Waals surface area contributed by atoms with Crippen LogP contribution in [-0.2, 0) is 19.1 Å². The lowest BCUT2D eigenvalue weighted by atomic mass is 9.99. The summed E-state index contributed by atoms with van der Waals surface area (Å²) in [4.78, 5) is 23.4. The van der Waals surface area contributed by atoms with Crippen LogP contribution in [0.4, 0.5) is 0 Å². The third-order valence-electron chi connectivity index (χ3n) is 3.19.